The van der Waals surface area contributed by atoms with Crippen LogP contribution in [-0.2, 0) is 4.74 Å². The van der Waals surface area contributed by atoms with Crippen LogP contribution in [0.5, 0.6) is 0 Å². The van der Waals surface area contributed by atoms with Crippen LogP contribution in [0.25, 0.3) is 0 Å². The van der Waals surface area contributed by atoms with E-state index in [0.29, 0.717) is 17.0 Å². The molecular formula is C14H23N3O2S2. The molecular weight excluding hydrogens is 306 g/mol. The Bertz CT molecular complexity index is 505. The fourth-order valence-electron chi connectivity index (χ4n) is 2.31. The highest BCUT2D eigenvalue weighted by molar-refractivity contribution is 7.99. The van der Waals surface area contributed by atoms with Gasteiger partial charge in [-0.05, 0) is 13.3 Å². The van der Waals surface area contributed by atoms with Gasteiger partial charge < -0.3 is 20.7 Å². The largest absolute Gasteiger partial charge is 0.396 e. The van der Waals surface area contributed by atoms with Crippen LogP contribution in [0.15, 0.2) is 4.90 Å². The van der Waals surface area contributed by atoms with Crippen molar-refractivity contribution in [2.24, 2.45) is 0 Å². The van der Waals surface area contributed by atoms with E-state index in [4.69, 9.17) is 10.5 Å². The van der Waals surface area contributed by atoms with E-state index in [1.807, 2.05) is 13.2 Å². The van der Waals surface area contributed by atoms with Crippen LogP contribution in [-0.4, -0.2) is 56.3 Å². The van der Waals surface area contributed by atoms with E-state index in [-0.39, 0.29) is 11.9 Å². The second-order valence-corrected chi connectivity index (χ2v) is 6.96. The smallest absolute Gasteiger partial charge is 0.174 e. The molecule has 1 fully saturated rings. The van der Waals surface area contributed by atoms with E-state index >= 15 is 0 Å². The van der Waals surface area contributed by atoms with Crippen LogP contribution in [0.1, 0.15) is 23.0 Å². The Hall–Kier alpha value is -0.760. The van der Waals surface area contributed by atoms with Crippen molar-refractivity contribution in [3.8, 4) is 0 Å². The van der Waals surface area contributed by atoms with Crippen molar-refractivity contribution in [1.82, 2.24) is 4.90 Å². The highest BCUT2D eigenvalue weighted by Crippen LogP contribution is 2.42. The first kappa shape index (κ1) is 16.6. The number of ether oxygens (including phenoxy) is 1. The summed E-state index contributed by atoms with van der Waals surface area (Å²) in [6.45, 7) is 5.26. The highest BCUT2D eigenvalue weighted by atomic mass is 32.2. The number of hydrogen-bond donors (Lipinski definition) is 2. The topological polar surface area (TPSA) is 67.6 Å². The molecule has 3 N–H and O–H groups in total. The Balaban J connectivity index is 2.07. The highest BCUT2D eigenvalue weighted by Gasteiger charge is 2.22. The number of anilines is 2. The summed E-state index contributed by atoms with van der Waals surface area (Å²) in [6.07, 6.45) is 2.63. The van der Waals surface area contributed by atoms with Gasteiger partial charge in [-0.2, -0.15) is 0 Å². The van der Waals surface area contributed by atoms with E-state index in [1.165, 1.54) is 11.3 Å². The fraction of sp³-hybridized carbons (Fsp3) is 0.643. The van der Waals surface area contributed by atoms with Crippen molar-refractivity contribution in [3.05, 3.63) is 4.88 Å². The third-order valence-electron chi connectivity index (χ3n) is 3.51. The van der Waals surface area contributed by atoms with Crippen molar-refractivity contribution in [1.29, 1.82) is 0 Å². The molecule has 2 rings (SSSR count). The normalized spacial score (nSPS) is 19.7. The molecule has 1 atom stereocenters. The molecule has 0 saturated carbocycles. The molecule has 1 aliphatic rings. The lowest BCUT2D eigenvalue weighted by Crippen LogP contribution is -2.43. The summed E-state index contributed by atoms with van der Waals surface area (Å²) in [5.41, 5.74) is 6.73. The number of carbonyl (C=O) groups excluding carboxylic acids is 1. The molecule has 1 saturated heterocycles. The van der Waals surface area contributed by atoms with Gasteiger partial charge in [0.2, 0.25) is 0 Å². The lowest BCUT2D eigenvalue weighted by Gasteiger charge is -2.30. The maximum absolute atomic E-state index is 11.9. The number of morpholine rings is 1. The van der Waals surface area contributed by atoms with Crippen molar-refractivity contribution >= 4 is 39.6 Å². The van der Waals surface area contributed by atoms with Gasteiger partial charge in [-0.3, -0.25) is 4.79 Å². The molecule has 1 aromatic heterocycles. The predicted molar refractivity (Wildman–Crippen MR) is 90.9 cm³/mol. The van der Waals surface area contributed by atoms with Gasteiger partial charge in [-0.15, -0.1) is 23.1 Å². The number of Topliss-reactive ketones (excluding diaryl/α,β-unsaturated/α-hetero) is 1. The molecule has 118 valence electrons. The zero-order valence-electron chi connectivity index (χ0n) is 12.8. The first-order valence-electron chi connectivity index (χ1n) is 7.10. The van der Waals surface area contributed by atoms with Gasteiger partial charge in [0, 0.05) is 26.1 Å². The molecule has 0 aromatic carbocycles. The van der Waals surface area contributed by atoms with Crippen molar-refractivity contribution < 1.29 is 9.53 Å². The maximum atomic E-state index is 11.9. The molecule has 0 bridgehead atoms. The van der Waals surface area contributed by atoms with E-state index < -0.39 is 0 Å². The van der Waals surface area contributed by atoms with E-state index in [1.54, 1.807) is 11.8 Å². The number of ketones is 1. The zero-order valence-corrected chi connectivity index (χ0v) is 14.4. The first-order valence-corrected chi connectivity index (χ1v) is 9.14. The van der Waals surface area contributed by atoms with Gasteiger partial charge in [-0.1, -0.05) is 6.92 Å². The van der Waals surface area contributed by atoms with Crippen molar-refractivity contribution in [2.45, 2.75) is 24.3 Å². The molecule has 0 radical (unpaired) electrons. The van der Waals surface area contributed by atoms with Gasteiger partial charge in [-0.25, -0.2) is 0 Å². The molecule has 2 heterocycles. The number of rotatable bonds is 6. The number of thioether (sulfide) groups is 1. The van der Waals surface area contributed by atoms with Crippen LogP contribution in [0, 0.1) is 0 Å². The summed E-state index contributed by atoms with van der Waals surface area (Å²) < 4.78 is 5.74. The van der Waals surface area contributed by atoms with E-state index in [9.17, 15) is 4.79 Å². The number of nitrogens with one attached hydrogen (secondary N) is 1. The lowest BCUT2D eigenvalue weighted by atomic mass is 10.2. The van der Waals surface area contributed by atoms with Gasteiger partial charge in [0.25, 0.3) is 0 Å². The first-order chi connectivity index (χ1) is 10.1. The number of nitrogens with zero attached hydrogens (tertiary/aromatic N) is 1. The average Bonchev–Trinajstić information content (AvgIpc) is 2.80. The minimum absolute atomic E-state index is 0.106. The number of carbonyl (C=O) groups is 1. The fourth-order valence-corrected chi connectivity index (χ4v) is 4.36. The third-order valence-corrected chi connectivity index (χ3v) is 5.68. The molecule has 1 aromatic rings. The summed E-state index contributed by atoms with van der Waals surface area (Å²) >= 11 is 3.03. The second kappa shape index (κ2) is 7.49. The quantitative estimate of drug-likeness (QED) is 0.617. The standard InChI is InChI=1S/C14H23N3O2S2/c1-4-10(18)12-11(15)13(20-3)14(21-12)16-7-9-8-17(2)5-6-19-9/h9,16H,4-8,15H2,1-3H3. The minimum atomic E-state index is 0.106. The summed E-state index contributed by atoms with van der Waals surface area (Å²) in [6, 6.07) is 0. The number of nitrogens with two attached hydrogens (primary N) is 1. The summed E-state index contributed by atoms with van der Waals surface area (Å²) in [4.78, 5) is 15.8. The number of likely N-dealkylation sites (N-methyl/N-ethyl adjacent to an activating group) is 1. The third kappa shape index (κ3) is 3.91. The Morgan fingerprint density at radius 3 is 3.00 bits per heavy atom. The van der Waals surface area contributed by atoms with E-state index in [2.05, 4.69) is 17.3 Å². The van der Waals surface area contributed by atoms with Crippen LogP contribution >= 0.6 is 23.1 Å². The molecule has 0 aliphatic carbocycles. The average molecular weight is 329 g/mol. The second-order valence-electron chi connectivity index (χ2n) is 5.12. The van der Waals surface area contributed by atoms with Crippen LogP contribution in [0.4, 0.5) is 10.7 Å². The number of nitrogen functional groups attached to an aromatic ring is 1. The summed E-state index contributed by atoms with van der Waals surface area (Å²) in [5, 5.41) is 4.39. The zero-order chi connectivity index (χ0) is 15.4. The Morgan fingerprint density at radius 2 is 2.38 bits per heavy atom. The Morgan fingerprint density at radius 1 is 1.62 bits per heavy atom. The Labute approximate surface area is 134 Å². The molecule has 7 heteroatoms. The number of thiophene rings is 1. The Kier molecular flexibility index (Phi) is 5.92. The molecule has 1 unspecified atom stereocenters. The van der Waals surface area contributed by atoms with Crippen molar-refractivity contribution in [2.75, 3.05) is 50.6 Å². The minimum Gasteiger partial charge on any atom is -0.396 e. The van der Waals surface area contributed by atoms with Crippen molar-refractivity contribution in [3.63, 3.8) is 0 Å². The van der Waals surface area contributed by atoms with Crippen LogP contribution in [0.3, 0.4) is 0 Å². The summed E-state index contributed by atoms with van der Waals surface area (Å²) in [5.74, 6) is 0.106. The molecule has 0 spiro atoms. The lowest BCUT2D eigenvalue weighted by molar-refractivity contribution is -0.0117. The summed E-state index contributed by atoms with van der Waals surface area (Å²) in [7, 11) is 2.10. The van der Waals surface area contributed by atoms with Gasteiger partial charge in [0.05, 0.1) is 28.2 Å². The molecule has 21 heavy (non-hydrogen) atoms. The van der Waals surface area contributed by atoms with E-state index in [0.717, 1.165) is 36.1 Å². The number of hydrogen-bond acceptors (Lipinski definition) is 7. The predicted octanol–water partition coefficient (Wildman–Crippen LogP) is 2.39. The maximum Gasteiger partial charge on any atom is 0.174 e. The monoisotopic (exact) mass is 329 g/mol. The van der Waals surface area contributed by atoms with Crippen LogP contribution in [0.2, 0.25) is 0 Å². The van der Waals surface area contributed by atoms with Gasteiger partial charge in [0.1, 0.15) is 5.00 Å². The SMILES string of the molecule is CCC(=O)c1sc(NCC2CN(C)CCO2)c(SC)c1N. The molecule has 1 aliphatic heterocycles. The molecule has 0 amide bonds. The van der Waals surface area contributed by atoms with Gasteiger partial charge >= 0.3 is 0 Å². The van der Waals surface area contributed by atoms with Gasteiger partial charge in [0.15, 0.2) is 5.78 Å². The molecule has 5 nitrogen and oxygen atoms in total. The van der Waals surface area contributed by atoms with Crippen LogP contribution < -0.4 is 11.1 Å².